The number of hydrogen-bond acceptors (Lipinski definition) is 8. The molecule has 0 saturated carbocycles. The van der Waals surface area contributed by atoms with Crippen molar-refractivity contribution in [3.63, 3.8) is 0 Å². The fourth-order valence-corrected chi connectivity index (χ4v) is 15.3. The Morgan fingerprint density at radius 1 is 0.269 bits per heavy atom. The average molecular weight is 1400 g/mol. The van der Waals surface area contributed by atoms with Crippen LogP contribution < -0.4 is 0 Å². The molecule has 8 aromatic heterocycles. The number of H-pyrrole nitrogens is 1. The van der Waals surface area contributed by atoms with E-state index >= 15 is 0 Å². The molecule has 8 heterocycles. The number of benzene rings is 14. The van der Waals surface area contributed by atoms with E-state index in [4.69, 9.17) is 37.6 Å². The second-order valence-electron chi connectivity index (χ2n) is 25.7. The Morgan fingerprint density at radius 3 is 1.22 bits per heavy atom. The summed E-state index contributed by atoms with van der Waals surface area (Å²) in [5.74, 6) is 1.34. The first kappa shape index (κ1) is 61.6. The zero-order valence-electron chi connectivity index (χ0n) is 54.9. The van der Waals surface area contributed by atoms with Crippen LogP contribution >= 0.6 is 15.9 Å². The maximum absolute atomic E-state index is 6.54. The maximum Gasteiger partial charge on any atom is 0.160 e. The van der Waals surface area contributed by atoms with Gasteiger partial charge in [0.25, 0.3) is 0 Å². The number of para-hydroxylation sites is 8. The van der Waals surface area contributed by atoms with E-state index in [0.717, 1.165) is 176 Å². The topological polar surface area (TPSA) is 125 Å². The quantitative estimate of drug-likeness (QED) is 0.167. The number of halogens is 1. The van der Waals surface area contributed by atoms with Crippen LogP contribution in [0.1, 0.15) is 7.43 Å². The smallest absolute Gasteiger partial charge is 0.160 e. The molecule has 0 fully saturated rings. The van der Waals surface area contributed by atoms with Crippen molar-refractivity contribution in [3.8, 4) is 73.5 Å². The molecule has 0 aliphatic heterocycles. The predicted molar refractivity (Wildman–Crippen MR) is 430 cm³/mol. The van der Waals surface area contributed by atoms with Crippen LogP contribution in [0.3, 0.4) is 0 Å². The second-order valence-corrected chi connectivity index (χ2v) is 26.6. The van der Waals surface area contributed by atoms with Crippen molar-refractivity contribution in [2.75, 3.05) is 0 Å². The Morgan fingerprint density at radius 2 is 0.673 bits per heavy atom. The van der Waals surface area contributed by atoms with Crippen LogP contribution in [0.4, 0.5) is 0 Å². The van der Waals surface area contributed by atoms with Gasteiger partial charge in [0.1, 0.15) is 44.7 Å². The van der Waals surface area contributed by atoms with Gasteiger partial charge < -0.3 is 27.2 Å². The van der Waals surface area contributed by atoms with Gasteiger partial charge in [-0.3, -0.25) is 0 Å². The number of nitrogens with zero attached hydrogens (tertiary/aromatic N) is 5. The Labute approximate surface area is 603 Å². The molecule has 0 aliphatic rings. The lowest BCUT2D eigenvalue weighted by atomic mass is 10.0. The molecule has 0 bridgehead atoms. The number of hydrogen-bond donors (Lipinski definition) is 1. The van der Waals surface area contributed by atoms with Crippen molar-refractivity contribution >= 4 is 147 Å². The predicted octanol–water partition coefficient (Wildman–Crippen LogP) is 26.4. The van der Waals surface area contributed by atoms with Gasteiger partial charge in [-0.05, 0) is 109 Å². The van der Waals surface area contributed by atoms with Crippen LogP contribution in [0.15, 0.2) is 350 Å². The van der Waals surface area contributed by atoms with Crippen molar-refractivity contribution in [2.24, 2.45) is 0 Å². The van der Waals surface area contributed by atoms with Gasteiger partial charge in [-0.15, -0.1) is 0 Å². The molecule has 0 aliphatic carbocycles. The van der Waals surface area contributed by atoms with Crippen LogP contribution in [0.25, 0.3) is 205 Å². The first-order valence-electron chi connectivity index (χ1n) is 34.2. The van der Waals surface area contributed by atoms with Gasteiger partial charge in [-0.1, -0.05) is 242 Å². The minimum atomic E-state index is 0. The second kappa shape index (κ2) is 25.3. The molecular formula is C93H59BrN6O4. The summed E-state index contributed by atoms with van der Waals surface area (Å²) >= 11 is 3.58. The number of rotatable bonds is 7. The van der Waals surface area contributed by atoms with E-state index in [9.17, 15) is 0 Å². The SMILES string of the molecule is Brc1cccc(-c2cc(-c3cccc4c3oc3ccccc34)nc(-c3ccccc3)n2)c1.C.c1ccc(-c2nc(-c3cccc(-n4c5ccccc5c5c6oc7ccccc7c6ccc54)c3)cc(-c3cccc4c3oc3ccccc34)n2)cc1.c1ccc2c(c1)[nH]c1ccc3c4ccccc4oc3c12. The van der Waals surface area contributed by atoms with Gasteiger partial charge in [0.05, 0.1) is 50.1 Å². The number of aromatic nitrogens is 6. The molecule has 0 atom stereocenters. The molecule has 10 nitrogen and oxygen atoms in total. The third-order valence-corrected chi connectivity index (χ3v) is 20.1. The Hall–Kier alpha value is -13.5. The number of furan rings is 4. The summed E-state index contributed by atoms with van der Waals surface area (Å²) in [6, 6.07) is 112. The fourth-order valence-electron chi connectivity index (χ4n) is 14.9. The molecule has 492 valence electrons. The van der Waals surface area contributed by atoms with Gasteiger partial charge in [-0.25, -0.2) is 19.9 Å². The van der Waals surface area contributed by atoms with Gasteiger partial charge in [0.2, 0.25) is 0 Å². The molecule has 104 heavy (non-hydrogen) atoms. The lowest BCUT2D eigenvalue weighted by molar-refractivity contribution is 0.669. The van der Waals surface area contributed by atoms with E-state index in [1.54, 1.807) is 0 Å². The monoisotopic (exact) mass is 1400 g/mol. The van der Waals surface area contributed by atoms with Crippen molar-refractivity contribution < 1.29 is 17.7 Å². The molecule has 0 spiro atoms. The highest BCUT2D eigenvalue weighted by molar-refractivity contribution is 9.10. The molecule has 22 aromatic rings. The van der Waals surface area contributed by atoms with E-state index in [-0.39, 0.29) is 7.43 Å². The minimum absolute atomic E-state index is 0. The minimum Gasteiger partial charge on any atom is -0.455 e. The molecule has 1 N–H and O–H groups in total. The van der Waals surface area contributed by atoms with Crippen LogP contribution in [-0.2, 0) is 0 Å². The van der Waals surface area contributed by atoms with Crippen LogP contribution in [0.2, 0.25) is 0 Å². The first-order chi connectivity index (χ1) is 51.0. The van der Waals surface area contributed by atoms with Gasteiger partial charge in [0.15, 0.2) is 11.6 Å². The third kappa shape index (κ3) is 10.5. The Balaban J connectivity index is 0.000000119. The molecular weight excluding hydrogens is 1340 g/mol. The molecule has 14 aromatic carbocycles. The average Bonchev–Trinajstić information content (AvgIpc) is 1.57. The Bertz CT molecular complexity index is 7100. The summed E-state index contributed by atoms with van der Waals surface area (Å²) in [5, 5.41) is 13.6. The lowest BCUT2D eigenvalue weighted by Crippen LogP contribution is -1.98. The normalized spacial score (nSPS) is 11.6. The summed E-state index contributed by atoms with van der Waals surface area (Å²) in [7, 11) is 0. The summed E-state index contributed by atoms with van der Waals surface area (Å²) in [4.78, 5) is 23.6. The molecule has 11 heteroatoms. The van der Waals surface area contributed by atoms with Crippen LogP contribution in [-0.4, -0.2) is 29.5 Å². The molecule has 0 radical (unpaired) electrons. The van der Waals surface area contributed by atoms with Gasteiger partial charge in [-0.2, -0.15) is 0 Å². The molecule has 0 saturated heterocycles. The fraction of sp³-hybridized carbons (Fsp3) is 0.0108. The summed E-state index contributed by atoms with van der Waals surface area (Å²) in [6.07, 6.45) is 0. The zero-order valence-corrected chi connectivity index (χ0v) is 56.5. The van der Waals surface area contributed by atoms with E-state index in [2.05, 4.69) is 220 Å². The van der Waals surface area contributed by atoms with Gasteiger partial charge in [0, 0.05) is 103 Å². The van der Waals surface area contributed by atoms with Crippen molar-refractivity contribution in [1.29, 1.82) is 0 Å². The van der Waals surface area contributed by atoms with Crippen LogP contribution in [0, 0.1) is 0 Å². The van der Waals surface area contributed by atoms with Crippen molar-refractivity contribution in [1.82, 2.24) is 29.5 Å². The highest BCUT2D eigenvalue weighted by Crippen LogP contribution is 2.44. The molecule has 0 unspecified atom stereocenters. The summed E-state index contributed by atoms with van der Waals surface area (Å²) < 4.78 is 28.7. The summed E-state index contributed by atoms with van der Waals surface area (Å²) in [6.45, 7) is 0. The number of fused-ring (bicyclic) bond motifs is 20. The Kier molecular flexibility index (Phi) is 15.0. The van der Waals surface area contributed by atoms with Gasteiger partial charge >= 0.3 is 0 Å². The van der Waals surface area contributed by atoms with E-state index in [0.29, 0.717) is 11.6 Å². The largest absolute Gasteiger partial charge is 0.455 e. The molecule has 22 rings (SSSR count). The molecule has 0 amide bonds. The summed E-state index contributed by atoms with van der Waals surface area (Å²) in [5.41, 5.74) is 21.8. The van der Waals surface area contributed by atoms with Crippen LogP contribution in [0.5, 0.6) is 0 Å². The zero-order chi connectivity index (χ0) is 68.1. The van der Waals surface area contributed by atoms with Crippen molar-refractivity contribution in [2.45, 2.75) is 7.43 Å². The first-order valence-corrected chi connectivity index (χ1v) is 35.0. The number of aromatic amines is 1. The van der Waals surface area contributed by atoms with E-state index in [1.807, 2.05) is 133 Å². The van der Waals surface area contributed by atoms with E-state index < -0.39 is 0 Å². The van der Waals surface area contributed by atoms with Crippen molar-refractivity contribution in [3.05, 3.63) is 332 Å². The van der Waals surface area contributed by atoms with E-state index in [1.165, 1.54) is 21.5 Å². The highest BCUT2D eigenvalue weighted by atomic mass is 79.9. The standard InChI is InChI=1S/C46H27N3O2.C28H17BrN2O.C18H11NO.CH4/c1-2-12-28(13-3-1)46-47-37(27-38(48-46)35-20-11-19-33-31-16-5-8-22-41(31)50-44(33)35)29-14-10-15-30(26-29)49-39-21-7-4-18-36(39)43-40(49)25-24-34-32-17-6-9-23-42(32)51-45(34)43;29-20-11-6-10-19(16-20)24-17-25(31-28(30-24)18-8-2-1-3-9-18)23-14-7-13-22-21-12-4-5-15-26(21)32-27(22)23;1-3-7-14-13(6-1)17-15(19-14)10-9-12-11-5-2-4-8-16(11)20-18(12)17;/h1-27H;1-17H;1-10,19H;1H4. The maximum atomic E-state index is 6.54. The lowest BCUT2D eigenvalue weighted by Gasteiger charge is -2.12. The number of nitrogens with one attached hydrogen (secondary N) is 1. The highest BCUT2D eigenvalue weighted by Gasteiger charge is 2.23. The third-order valence-electron chi connectivity index (χ3n) is 19.6.